The molecule has 4 heteroatoms. The molecule has 0 aliphatic heterocycles. The van der Waals surface area contributed by atoms with Gasteiger partial charge in [-0.25, -0.2) is 0 Å². The van der Waals surface area contributed by atoms with E-state index in [4.69, 9.17) is 20.5 Å². The predicted molar refractivity (Wildman–Crippen MR) is 55.1 cm³/mol. The van der Waals surface area contributed by atoms with Gasteiger partial charge in [0.05, 0.1) is 0 Å². The van der Waals surface area contributed by atoms with Crippen LogP contribution in [0, 0.1) is 0 Å². The van der Waals surface area contributed by atoms with Crippen LogP contribution in [0.1, 0.15) is 26.7 Å². The molecule has 0 aliphatic rings. The normalized spacial score (nSPS) is 16.5. The Morgan fingerprint density at radius 3 is 2.08 bits per heavy atom. The fraction of sp³-hybridized carbons (Fsp3) is 1.00. The minimum absolute atomic E-state index is 0.154. The third kappa shape index (κ3) is 3.89. The van der Waals surface area contributed by atoms with Gasteiger partial charge < -0.3 is 8.85 Å². The largest absolute Gasteiger partial charge is 0.400 e. The van der Waals surface area contributed by atoms with Crippen LogP contribution in [0.15, 0.2) is 0 Å². The number of hydrogen-bond donors (Lipinski definition) is 0. The van der Waals surface area contributed by atoms with Gasteiger partial charge in [-0.1, -0.05) is 13.3 Å². The van der Waals surface area contributed by atoms with Crippen LogP contribution in [-0.2, 0) is 8.85 Å². The zero-order valence-corrected chi connectivity index (χ0v) is 10.3. The molecule has 0 radical (unpaired) electrons. The van der Waals surface area contributed by atoms with E-state index in [9.17, 15) is 0 Å². The van der Waals surface area contributed by atoms with Gasteiger partial charge in [0.25, 0.3) is 0 Å². The predicted octanol–water partition coefficient (Wildman–Crippen LogP) is 2.30. The molecule has 2 nitrogen and oxygen atoms in total. The topological polar surface area (TPSA) is 18.5 Å². The Bertz CT molecular complexity index is 107. The highest BCUT2D eigenvalue weighted by Crippen LogP contribution is 2.26. The second-order valence-electron chi connectivity index (χ2n) is 2.97. The molecule has 0 aromatic rings. The minimum atomic E-state index is -1.51. The van der Waals surface area contributed by atoms with Gasteiger partial charge in [0.1, 0.15) is 0 Å². The van der Waals surface area contributed by atoms with Crippen molar-refractivity contribution in [3.8, 4) is 0 Å². The summed E-state index contributed by atoms with van der Waals surface area (Å²) in [4.78, 5) is 0. The molecule has 0 saturated carbocycles. The summed E-state index contributed by atoms with van der Waals surface area (Å²) in [5, 5.41) is 0.154. The van der Waals surface area contributed by atoms with Gasteiger partial charge in [-0.05, 0) is 13.3 Å². The van der Waals surface area contributed by atoms with Gasteiger partial charge in [0.2, 0.25) is 0 Å². The van der Waals surface area contributed by atoms with Crippen molar-refractivity contribution in [3.05, 3.63) is 0 Å². The van der Waals surface area contributed by atoms with Crippen LogP contribution in [0.2, 0.25) is 5.54 Å². The molecule has 0 fully saturated rings. The Hall–Kier alpha value is 0.427. The maximum atomic E-state index is 6.05. The summed E-state index contributed by atoms with van der Waals surface area (Å²) in [5.41, 5.74) is 0.423. The molecule has 0 aromatic heterocycles. The first-order chi connectivity index (χ1) is 5.67. The summed E-state index contributed by atoms with van der Waals surface area (Å²) in [6, 6.07) is 0. The van der Waals surface area contributed by atoms with E-state index in [-0.39, 0.29) is 5.38 Å². The highest BCUT2D eigenvalue weighted by atomic mass is 35.5. The maximum absolute atomic E-state index is 6.05. The van der Waals surface area contributed by atoms with Crippen LogP contribution >= 0.6 is 11.6 Å². The zero-order valence-electron chi connectivity index (χ0n) is 8.34. The van der Waals surface area contributed by atoms with E-state index in [1.807, 2.05) is 6.92 Å². The number of hydrogen-bond acceptors (Lipinski definition) is 2. The highest BCUT2D eigenvalue weighted by Gasteiger charge is 2.27. The Labute approximate surface area is 82.0 Å². The van der Waals surface area contributed by atoms with Crippen LogP contribution in [0.5, 0.6) is 0 Å². The molecule has 0 spiro atoms. The van der Waals surface area contributed by atoms with Crippen molar-refractivity contribution in [3.63, 3.8) is 0 Å². The third-order valence-electron chi connectivity index (χ3n) is 2.03. The van der Waals surface area contributed by atoms with Crippen molar-refractivity contribution in [1.82, 2.24) is 0 Å². The summed E-state index contributed by atoms with van der Waals surface area (Å²) in [6.07, 6.45) is 2.24. The van der Waals surface area contributed by atoms with Crippen molar-refractivity contribution in [1.29, 1.82) is 0 Å². The van der Waals surface area contributed by atoms with Gasteiger partial charge >= 0.3 is 9.28 Å². The van der Waals surface area contributed by atoms with Gasteiger partial charge in [-0.15, -0.1) is 11.6 Å². The SMILES string of the molecule is CCCC(C(C)Cl)[SiH](OC)OC. The molecule has 0 aliphatic carbocycles. The average Bonchev–Trinajstić information content (AvgIpc) is 2.05. The summed E-state index contributed by atoms with van der Waals surface area (Å²) in [6.45, 7) is 4.17. The van der Waals surface area contributed by atoms with Gasteiger partial charge in [-0.2, -0.15) is 0 Å². The molecule has 74 valence electrons. The molecule has 2 atom stereocenters. The van der Waals surface area contributed by atoms with Crippen LogP contribution in [0.25, 0.3) is 0 Å². The lowest BCUT2D eigenvalue weighted by molar-refractivity contribution is 0.261. The van der Waals surface area contributed by atoms with Crippen molar-refractivity contribution in [2.24, 2.45) is 0 Å². The molecular formula is C8H19ClO2Si. The molecule has 12 heavy (non-hydrogen) atoms. The second-order valence-corrected chi connectivity index (χ2v) is 6.19. The van der Waals surface area contributed by atoms with Crippen molar-refractivity contribution >= 4 is 20.9 Å². The molecule has 0 N–H and O–H groups in total. The Kier molecular flexibility index (Phi) is 7.14. The molecular weight excluding hydrogens is 192 g/mol. The zero-order chi connectivity index (χ0) is 9.56. The van der Waals surface area contributed by atoms with Crippen LogP contribution in [0.3, 0.4) is 0 Å². The van der Waals surface area contributed by atoms with Gasteiger partial charge in [0.15, 0.2) is 0 Å². The van der Waals surface area contributed by atoms with E-state index >= 15 is 0 Å². The summed E-state index contributed by atoms with van der Waals surface area (Å²) >= 11 is 6.05. The minimum Gasteiger partial charge on any atom is -0.400 e. The van der Waals surface area contributed by atoms with Gasteiger partial charge in [0, 0.05) is 25.1 Å². The molecule has 0 bridgehead atoms. The fourth-order valence-electron chi connectivity index (χ4n) is 1.36. The van der Waals surface area contributed by atoms with E-state index in [1.165, 1.54) is 0 Å². The van der Waals surface area contributed by atoms with Crippen molar-refractivity contribution in [2.45, 2.75) is 37.6 Å². The van der Waals surface area contributed by atoms with E-state index in [0.717, 1.165) is 12.8 Å². The van der Waals surface area contributed by atoms with Crippen molar-refractivity contribution < 1.29 is 8.85 Å². The van der Waals surface area contributed by atoms with E-state index in [2.05, 4.69) is 6.92 Å². The number of halogens is 1. The lowest BCUT2D eigenvalue weighted by atomic mass is 10.2. The Morgan fingerprint density at radius 2 is 1.83 bits per heavy atom. The van der Waals surface area contributed by atoms with E-state index in [0.29, 0.717) is 5.54 Å². The number of alkyl halides is 1. The van der Waals surface area contributed by atoms with Gasteiger partial charge in [-0.3, -0.25) is 0 Å². The number of rotatable bonds is 6. The Morgan fingerprint density at radius 1 is 1.33 bits per heavy atom. The first-order valence-corrected chi connectivity index (χ1v) is 6.41. The van der Waals surface area contributed by atoms with Crippen LogP contribution in [-0.4, -0.2) is 28.9 Å². The molecule has 0 saturated heterocycles. The summed E-state index contributed by atoms with van der Waals surface area (Å²) in [7, 11) is 1.91. The Balaban J connectivity index is 4.05. The summed E-state index contributed by atoms with van der Waals surface area (Å²) in [5.74, 6) is 0. The molecule has 0 aromatic carbocycles. The maximum Gasteiger partial charge on any atom is 0.325 e. The van der Waals surface area contributed by atoms with E-state index in [1.54, 1.807) is 14.2 Å². The van der Waals surface area contributed by atoms with E-state index < -0.39 is 9.28 Å². The quantitative estimate of drug-likeness (QED) is 0.495. The summed E-state index contributed by atoms with van der Waals surface area (Å²) < 4.78 is 10.6. The molecule has 0 rings (SSSR count). The molecule has 2 unspecified atom stereocenters. The first-order valence-electron chi connectivity index (χ1n) is 4.37. The average molecular weight is 211 g/mol. The standard InChI is InChI=1S/C8H19ClO2Si/c1-5-6-8(7(2)9)12(10-3)11-4/h7-8,12H,5-6H2,1-4H3. The first kappa shape index (κ1) is 12.4. The monoisotopic (exact) mass is 210 g/mol. The van der Waals surface area contributed by atoms with Crippen molar-refractivity contribution in [2.75, 3.05) is 14.2 Å². The fourth-order valence-corrected chi connectivity index (χ4v) is 3.77. The molecule has 0 heterocycles. The third-order valence-corrected chi connectivity index (χ3v) is 5.13. The van der Waals surface area contributed by atoms with Crippen LogP contribution < -0.4 is 0 Å². The highest BCUT2D eigenvalue weighted by molar-refractivity contribution is 6.48. The lowest BCUT2D eigenvalue weighted by Gasteiger charge is -2.24. The van der Waals surface area contributed by atoms with Crippen LogP contribution in [0.4, 0.5) is 0 Å². The second kappa shape index (κ2) is 6.89. The molecule has 0 amide bonds. The smallest absolute Gasteiger partial charge is 0.325 e. The lowest BCUT2D eigenvalue weighted by Crippen LogP contribution is -2.30.